The predicted molar refractivity (Wildman–Crippen MR) is 82.2 cm³/mol. The van der Waals surface area contributed by atoms with Gasteiger partial charge in [-0.2, -0.15) is 0 Å². The lowest BCUT2D eigenvalue weighted by atomic mass is 10.2. The van der Waals surface area contributed by atoms with Crippen molar-refractivity contribution in [3.05, 3.63) is 52.5 Å². The minimum absolute atomic E-state index is 0.0645. The van der Waals surface area contributed by atoms with Gasteiger partial charge in [-0.05, 0) is 29.5 Å². The van der Waals surface area contributed by atoms with Crippen molar-refractivity contribution in [1.29, 1.82) is 0 Å². The summed E-state index contributed by atoms with van der Waals surface area (Å²) in [5.74, 6) is -0.196. The van der Waals surface area contributed by atoms with E-state index in [2.05, 4.69) is 15.6 Å². The number of hydrogen-bond acceptors (Lipinski definition) is 4. The second-order valence-corrected chi connectivity index (χ2v) is 5.39. The standard InChI is InChI=1S/C15H17N3O2S/c19-14(17-8-5-12-3-1-7-16-11-12)6-9-18-15(20)13-4-2-10-21-13/h1-4,7,10-11H,5-6,8-9H2,(H,17,19)(H,18,20). The highest BCUT2D eigenvalue weighted by Crippen LogP contribution is 2.07. The van der Waals surface area contributed by atoms with Crippen molar-refractivity contribution in [1.82, 2.24) is 15.6 Å². The van der Waals surface area contributed by atoms with Crippen molar-refractivity contribution < 1.29 is 9.59 Å². The Balaban J connectivity index is 1.58. The normalized spacial score (nSPS) is 10.1. The monoisotopic (exact) mass is 303 g/mol. The molecule has 0 spiro atoms. The van der Waals surface area contributed by atoms with Crippen LogP contribution in [0.15, 0.2) is 42.0 Å². The number of aromatic nitrogens is 1. The fourth-order valence-corrected chi connectivity index (χ4v) is 2.41. The van der Waals surface area contributed by atoms with Gasteiger partial charge in [0.05, 0.1) is 4.88 Å². The SMILES string of the molecule is O=C(CCNC(=O)c1cccs1)NCCc1cccnc1. The Morgan fingerprint density at radius 2 is 2.05 bits per heavy atom. The minimum atomic E-state index is -0.131. The molecule has 0 bridgehead atoms. The smallest absolute Gasteiger partial charge is 0.261 e. The number of nitrogens with zero attached hydrogens (tertiary/aromatic N) is 1. The molecule has 6 heteroatoms. The Morgan fingerprint density at radius 3 is 2.76 bits per heavy atom. The lowest BCUT2D eigenvalue weighted by molar-refractivity contribution is -0.120. The van der Waals surface area contributed by atoms with E-state index in [1.165, 1.54) is 11.3 Å². The number of thiophene rings is 1. The molecule has 0 aromatic carbocycles. The zero-order valence-corrected chi connectivity index (χ0v) is 12.4. The third-order valence-electron chi connectivity index (χ3n) is 2.84. The van der Waals surface area contributed by atoms with Gasteiger partial charge in [-0.3, -0.25) is 14.6 Å². The first-order valence-electron chi connectivity index (χ1n) is 6.73. The van der Waals surface area contributed by atoms with E-state index in [9.17, 15) is 9.59 Å². The quantitative estimate of drug-likeness (QED) is 0.816. The van der Waals surface area contributed by atoms with E-state index in [4.69, 9.17) is 0 Å². The van der Waals surface area contributed by atoms with Crippen molar-refractivity contribution in [3.8, 4) is 0 Å². The Morgan fingerprint density at radius 1 is 1.14 bits per heavy atom. The molecule has 5 nitrogen and oxygen atoms in total. The number of amides is 2. The number of pyridine rings is 1. The maximum atomic E-state index is 11.6. The highest BCUT2D eigenvalue weighted by atomic mass is 32.1. The van der Waals surface area contributed by atoms with Crippen LogP contribution in [-0.2, 0) is 11.2 Å². The molecule has 2 N–H and O–H groups in total. The molecule has 0 radical (unpaired) electrons. The van der Waals surface area contributed by atoms with Crippen molar-refractivity contribution in [2.45, 2.75) is 12.8 Å². The number of carbonyl (C=O) groups is 2. The highest BCUT2D eigenvalue weighted by molar-refractivity contribution is 7.12. The van der Waals surface area contributed by atoms with Crippen molar-refractivity contribution >= 4 is 23.2 Å². The summed E-state index contributed by atoms with van der Waals surface area (Å²) in [4.78, 5) is 27.9. The summed E-state index contributed by atoms with van der Waals surface area (Å²) >= 11 is 1.38. The van der Waals surface area contributed by atoms with Gasteiger partial charge in [0, 0.05) is 31.9 Å². The zero-order chi connectivity index (χ0) is 14.9. The molecule has 2 aromatic heterocycles. The third kappa shape index (κ3) is 5.35. The van der Waals surface area contributed by atoms with Gasteiger partial charge >= 0.3 is 0 Å². The molecule has 0 aliphatic heterocycles. The molecule has 2 aromatic rings. The van der Waals surface area contributed by atoms with E-state index in [1.54, 1.807) is 18.5 Å². The average molecular weight is 303 g/mol. The Kier molecular flexibility index (Phi) is 5.90. The first kappa shape index (κ1) is 15.2. The molecule has 0 unspecified atom stereocenters. The van der Waals surface area contributed by atoms with Crippen molar-refractivity contribution in [3.63, 3.8) is 0 Å². The van der Waals surface area contributed by atoms with Gasteiger partial charge in [-0.25, -0.2) is 0 Å². The van der Waals surface area contributed by atoms with Crippen molar-refractivity contribution in [2.75, 3.05) is 13.1 Å². The van der Waals surface area contributed by atoms with Crippen LogP contribution in [0.2, 0.25) is 0 Å². The van der Waals surface area contributed by atoms with E-state index in [-0.39, 0.29) is 18.2 Å². The number of nitrogens with one attached hydrogen (secondary N) is 2. The van der Waals surface area contributed by atoms with Gasteiger partial charge in [0.15, 0.2) is 0 Å². The summed E-state index contributed by atoms with van der Waals surface area (Å²) in [6, 6.07) is 7.43. The van der Waals surface area contributed by atoms with Gasteiger partial charge in [0.25, 0.3) is 5.91 Å². The molecular weight excluding hydrogens is 286 g/mol. The van der Waals surface area contributed by atoms with Crippen LogP contribution in [0.4, 0.5) is 0 Å². The first-order chi connectivity index (χ1) is 10.3. The first-order valence-corrected chi connectivity index (χ1v) is 7.61. The highest BCUT2D eigenvalue weighted by Gasteiger charge is 2.06. The molecule has 0 aliphatic rings. The van der Waals surface area contributed by atoms with Crippen LogP contribution in [0, 0.1) is 0 Å². The van der Waals surface area contributed by atoms with Crippen molar-refractivity contribution in [2.24, 2.45) is 0 Å². The van der Waals surface area contributed by atoms with Crippen LogP contribution in [0.5, 0.6) is 0 Å². The third-order valence-corrected chi connectivity index (χ3v) is 3.71. The van der Waals surface area contributed by atoms with Gasteiger partial charge in [-0.1, -0.05) is 12.1 Å². The molecule has 0 fully saturated rings. The number of rotatable bonds is 7. The summed E-state index contributed by atoms with van der Waals surface area (Å²) in [7, 11) is 0. The van der Waals surface area contributed by atoms with Gasteiger partial charge in [0.2, 0.25) is 5.91 Å². The maximum Gasteiger partial charge on any atom is 0.261 e. The van der Waals surface area contributed by atoms with Gasteiger partial charge in [0.1, 0.15) is 0 Å². The van der Waals surface area contributed by atoms with E-state index < -0.39 is 0 Å². The fourth-order valence-electron chi connectivity index (χ4n) is 1.77. The molecule has 2 amide bonds. The van der Waals surface area contributed by atoms with Crippen LogP contribution in [-0.4, -0.2) is 29.9 Å². The predicted octanol–water partition coefficient (Wildman–Crippen LogP) is 1.62. The minimum Gasteiger partial charge on any atom is -0.356 e. The fraction of sp³-hybridized carbons (Fsp3) is 0.267. The van der Waals surface area contributed by atoms with Crippen LogP contribution in [0.25, 0.3) is 0 Å². The number of hydrogen-bond donors (Lipinski definition) is 2. The van der Waals surface area contributed by atoms with Gasteiger partial charge in [-0.15, -0.1) is 11.3 Å². The topological polar surface area (TPSA) is 71.1 Å². The Hall–Kier alpha value is -2.21. The van der Waals surface area contributed by atoms with Gasteiger partial charge < -0.3 is 10.6 Å². The van der Waals surface area contributed by atoms with Crippen LogP contribution in [0.1, 0.15) is 21.7 Å². The second-order valence-electron chi connectivity index (χ2n) is 4.44. The van der Waals surface area contributed by atoms with E-state index in [0.717, 1.165) is 12.0 Å². The lowest BCUT2D eigenvalue weighted by Gasteiger charge is -2.06. The molecule has 110 valence electrons. The molecule has 2 rings (SSSR count). The lowest BCUT2D eigenvalue weighted by Crippen LogP contribution is -2.31. The second kappa shape index (κ2) is 8.16. The summed E-state index contributed by atoms with van der Waals surface area (Å²) in [6.07, 6.45) is 4.54. The summed E-state index contributed by atoms with van der Waals surface area (Å²) in [6.45, 7) is 0.916. The van der Waals surface area contributed by atoms with E-state index >= 15 is 0 Å². The molecule has 0 aliphatic carbocycles. The van der Waals surface area contributed by atoms with Crippen LogP contribution < -0.4 is 10.6 Å². The summed E-state index contributed by atoms with van der Waals surface area (Å²) < 4.78 is 0. The molecular formula is C15H17N3O2S. The summed E-state index contributed by atoms with van der Waals surface area (Å²) in [5.41, 5.74) is 1.09. The number of carbonyl (C=O) groups excluding carboxylic acids is 2. The average Bonchev–Trinajstić information content (AvgIpc) is 3.02. The zero-order valence-electron chi connectivity index (χ0n) is 11.5. The molecule has 0 saturated carbocycles. The molecule has 0 saturated heterocycles. The Labute approximate surface area is 127 Å². The molecule has 2 heterocycles. The largest absolute Gasteiger partial charge is 0.356 e. The maximum absolute atomic E-state index is 11.6. The Bertz CT molecular complexity index is 570. The molecule has 0 atom stereocenters. The summed E-state index contributed by atoms with van der Waals surface area (Å²) in [5, 5.41) is 7.40. The van der Waals surface area contributed by atoms with E-state index in [0.29, 0.717) is 18.0 Å². The van der Waals surface area contributed by atoms with Crippen LogP contribution in [0.3, 0.4) is 0 Å². The van der Waals surface area contributed by atoms with E-state index in [1.807, 2.05) is 23.6 Å². The van der Waals surface area contributed by atoms with Crippen LogP contribution >= 0.6 is 11.3 Å². The molecule has 21 heavy (non-hydrogen) atoms.